The van der Waals surface area contributed by atoms with Gasteiger partial charge in [0, 0.05) is 22.3 Å². The van der Waals surface area contributed by atoms with E-state index < -0.39 is 5.91 Å². The number of nitrogens with zero attached hydrogens (tertiary/aromatic N) is 2. The molecule has 2 aromatic heterocycles. The minimum absolute atomic E-state index is 0.278. The number of pyridine rings is 1. The van der Waals surface area contributed by atoms with Crippen LogP contribution in [0.4, 0.5) is 4.39 Å². The molecule has 0 saturated carbocycles. The molecular weight excluding hydrogens is 365 g/mol. The number of amides is 1. The Balaban J connectivity index is 1.67. The maximum Gasteiger partial charge on any atom is 0.248 e. The number of primary amides is 1. The van der Waals surface area contributed by atoms with Gasteiger partial charge >= 0.3 is 0 Å². The summed E-state index contributed by atoms with van der Waals surface area (Å²) >= 11 is 6.27. The Kier molecular flexibility index (Phi) is 4.38. The molecule has 6 heteroatoms. The fraction of sp³-hybridized carbons (Fsp3) is 0.0476. The van der Waals surface area contributed by atoms with Crippen LogP contribution in [-0.4, -0.2) is 15.5 Å². The highest BCUT2D eigenvalue weighted by Gasteiger charge is 2.09. The first-order valence-electron chi connectivity index (χ1n) is 8.32. The number of hydrogen-bond acceptors (Lipinski definition) is 2. The van der Waals surface area contributed by atoms with Crippen molar-refractivity contribution in [3.8, 4) is 11.3 Å². The molecule has 27 heavy (non-hydrogen) atoms. The predicted molar refractivity (Wildman–Crippen MR) is 103 cm³/mol. The average Bonchev–Trinajstić information content (AvgIpc) is 3.07. The van der Waals surface area contributed by atoms with Crippen LogP contribution in [0.5, 0.6) is 0 Å². The van der Waals surface area contributed by atoms with Gasteiger partial charge in [-0.15, -0.1) is 0 Å². The predicted octanol–water partition coefficient (Wildman–Crippen LogP) is 4.48. The second-order valence-corrected chi connectivity index (χ2v) is 6.70. The van der Waals surface area contributed by atoms with Crippen molar-refractivity contribution < 1.29 is 9.18 Å². The molecule has 0 radical (unpaired) electrons. The van der Waals surface area contributed by atoms with E-state index in [2.05, 4.69) is 5.10 Å². The molecule has 1 amide bonds. The van der Waals surface area contributed by atoms with Gasteiger partial charge in [0.25, 0.3) is 0 Å². The van der Waals surface area contributed by atoms with Crippen molar-refractivity contribution in [2.45, 2.75) is 6.42 Å². The van der Waals surface area contributed by atoms with Crippen LogP contribution in [0, 0.1) is 5.82 Å². The number of aromatic nitrogens is 2. The summed E-state index contributed by atoms with van der Waals surface area (Å²) in [5, 5.41) is 5.11. The number of fused-ring (bicyclic) bond motifs is 1. The number of halogens is 2. The van der Waals surface area contributed by atoms with Gasteiger partial charge in [-0.2, -0.15) is 5.10 Å². The third-order valence-electron chi connectivity index (χ3n) is 4.39. The zero-order valence-electron chi connectivity index (χ0n) is 14.2. The summed E-state index contributed by atoms with van der Waals surface area (Å²) in [6.45, 7) is 0. The molecule has 4 rings (SSSR count). The van der Waals surface area contributed by atoms with Gasteiger partial charge in [0.05, 0.1) is 11.2 Å². The summed E-state index contributed by atoms with van der Waals surface area (Å²) < 4.78 is 14.9. The second kappa shape index (κ2) is 6.85. The summed E-state index contributed by atoms with van der Waals surface area (Å²) in [5.41, 5.74) is 10.2. The molecule has 0 bridgehead atoms. The SMILES string of the molecule is NC(=O)c1ccc(Cl)c(Cc2ccn3nc(-c4ccc(F)cc4)cc3c2)c1. The van der Waals surface area contributed by atoms with Crippen LogP contribution in [0.1, 0.15) is 21.5 Å². The Morgan fingerprint density at radius 3 is 2.59 bits per heavy atom. The molecular formula is C21H15ClFN3O. The minimum atomic E-state index is -0.483. The van der Waals surface area contributed by atoms with Gasteiger partial charge in [0.2, 0.25) is 5.91 Å². The third kappa shape index (κ3) is 3.55. The van der Waals surface area contributed by atoms with Crippen LogP contribution in [0.15, 0.2) is 66.9 Å². The number of nitrogens with two attached hydrogens (primary N) is 1. The summed E-state index contributed by atoms with van der Waals surface area (Å²) in [6.07, 6.45) is 2.43. The maximum atomic E-state index is 13.1. The second-order valence-electron chi connectivity index (χ2n) is 6.29. The number of rotatable bonds is 4. The van der Waals surface area contributed by atoms with Gasteiger partial charge in [0.1, 0.15) is 5.82 Å². The molecule has 0 aliphatic carbocycles. The van der Waals surface area contributed by atoms with Gasteiger partial charge < -0.3 is 5.73 Å². The largest absolute Gasteiger partial charge is 0.366 e. The molecule has 0 atom stereocenters. The first-order valence-corrected chi connectivity index (χ1v) is 8.70. The van der Waals surface area contributed by atoms with Gasteiger partial charge in [-0.1, -0.05) is 11.6 Å². The standard InChI is InChI=1S/C21H15ClFN3O/c22-19-6-3-15(21(24)27)11-16(19)9-13-7-8-26-18(10-13)12-20(25-26)14-1-4-17(23)5-2-14/h1-8,10-12H,9H2,(H2,24,27). The number of carbonyl (C=O) groups is 1. The van der Waals surface area contributed by atoms with E-state index >= 15 is 0 Å². The Morgan fingerprint density at radius 2 is 1.85 bits per heavy atom. The lowest BCUT2D eigenvalue weighted by Gasteiger charge is -2.07. The number of hydrogen-bond donors (Lipinski definition) is 1. The smallest absolute Gasteiger partial charge is 0.248 e. The van der Waals surface area contributed by atoms with Crippen molar-refractivity contribution in [3.63, 3.8) is 0 Å². The van der Waals surface area contributed by atoms with E-state index in [1.807, 2.05) is 24.4 Å². The van der Waals surface area contributed by atoms with Crippen molar-refractivity contribution in [3.05, 3.63) is 94.4 Å². The first-order chi connectivity index (χ1) is 13.0. The molecule has 0 unspecified atom stereocenters. The lowest BCUT2D eigenvalue weighted by molar-refractivity contribution is 0.1000. The molecule has 2 aromatic carbocycles. The van der Waals surface area contributed by atoms with E-state index in [9.17, 15) is 9.18 Å². The Bertz CT molecular complexity index is 1150. The van der Waals surface area contributed by atoms with Crippen LogP contribution >= 0.6 is 11.6 Å². The molecule has 4 aromatic rings. The topological polar surface area (TPSA) is 60.4 Å². The number of benzene rings is 2. The number of carbonyl (C=O) groups excluding carboxylic acids is 1. The fourth-order valence-corrected chi connectivity index (χ4v) is 3.18. The fourth-order valence-electron chi connectivity index (χ4n) is 3.00. The molecule has 134 valence electrons. The Hall–Kier alpha value is -3.18. The van der Waals surface area contributed by atoms with Gasteiger partial charge in [0.15, 0.2) is 0 Å². The molecule has 0 aliphatic rings. The molecule has 0 saturated heterocycles. The Labute approximate surface area is 160 Å². The highest BCUT2D eigenvalue weighted by molar-refractivity contribution is 6.31. The zero-order valence-corrected chi connectivity index (χ0v) is 14.9. The maximum absolute atomic E-state index is 13.1. The normalized spacial score (nSPS) is 11.0. The van der Waals surface area contributed by atoms with Crippen LogP contribution < -0.4 is 5.73 Å². The van der Waals surface area contributed by atoms with E-state index in [0.717, 1.165) is 27.9 Å². The van der Waals surface area contributed by atoms with Crippen molar-refractivity contribution in [1.82, 2.24) is 9.61 Å². The average molecular weight is 380 g/mol. The van der Waals surface area contributed by atoms with Gasteiger partial charge in [-0.25, -0.2) is 8.91 Å². The lowest BCUT2D eigenvalue weighted by Crippen LogP contribution is -2.11. The van der Waals surface area contributed by atoms with E-state index in [1.54, 1.807) is 34.8 Å². The van der Waals surface area contributed by atoms with Crippen LogP contribution in [-0.2, 0) is 6.42 Å². The summed E-state index contributed by atoms with van der Waals surface area (Å²) in [5.74, 6) is -0.761. The van der Waals surface area contributed by atoms with Crippen molar-refractivity contribution in [2.75, 3.05) is 0 Å². The van der Waals surface area contributed by atoms with Crippen LogP contribution in [0.25, 0.3) is 16.8 Å². The highest BCUT2D eigenvalue weighted by Crippen LogP contribution is 2.24. The molecule has 0 fully saturated rings. The third-order valence-corrected chi connectivity index (χ3v) is 4.76. The van der Waals surface area contributed by atoms with Crippen molar-refractivity contribution in [1.29, 1.82) is 0 Å². The minimum Gasteiger partial charge on any atom is -0.366 e. The molecule has 4 nitrogen and oxygen atoms in total. The zero-order chi connectivity index (χ0) is 19.0. The van der Waals surface area contributed by atoms with Crippen molar-refractivity contribution >= 4 is 23.0 Å². The van der Waals surface area contributed by atoms with Gasteiger partial charge in [-0.05, 0) is 78.2 Å². The lowest BCUT2D eigenvalue weighted by atomic mass is 10.0. The quantitative estimate of drug-likeness (QED) is 0.568. The summed E-state index contributed by atoms with van der Waals surface area (Å²) in [4.78, 5) is 11.4. The summed E-state index contributed by atoms with van der Waals surface area (Å²) in [6, 6.07) is 17.1. The van der Waals surface area contributed by atoms with Crippen LogP contribution in [0.3, 0.4) is 0 Å². The molecule has 2 N–H and O–H groups in total. The van der Waals surface area contributed by atoms with E-state index in [1.165, 1.54) is 12.1 Å². The van der Waals surface area contributed by atoms with Crippen molar-refractivity contribution in [2.24, 2.45) is 5.73 Å². The molecule has 2 heterocycles. The van der Waals surface area contributed by atoms with E-state index in [0.29, 0.717) is 17.0 Å². The Morgan fingerprint density at radius 1 is 1.07 bits per heavy atom. The molecule has 0 spiro atoms. The highest BCUT2D eigenvalue weighted by atomic mass is 35.5. The van der Waals surface area contributed by atoms with E-state index in [-0.39, 0.29) is 5.82 Å². The molecule has 0 aliphatic heterocycles. The van der Waals surface area contributed by atoms with E-state index in [4.69, 9.17) is 17.3 Å². The monoisotopic (exact) mass is 379 g/mol. The first kappa shape index (κ1) is 17.2. The van der Waals surface area contributed by atoms with Crippen LogP contribution in [0.2, 0.25) is 5.02 Å². The summed E-state index contributed by atoms with van der Waals surface area (Å²) in [7, 11) is 0. The van der Waals surface area contributed by atoms with Gasteiger partial charge in [-0.3, -0.25) is 4.79 Å².